The van der Waals surface area contributed by atoms with E-state index in [0.29, 0.717) is 6.54 Å². The number of aromatic nitrogens is 1. The molecule has 1 aromatic rings. The van der Waals surface area contributed by atoms with Crippen LogP contribution in [0.15, 0.2) is 18.3 Å². The fraction of sp³-hybridized carbons (Fsp3) is 0.400. The molecular weight excluding hydrogens is 210 g/mol. The number of hydrogen-bond donors (Lipinski definition) is 0. The van der Waals surface area contributed by atoms with Gasteiger partial charge in [0.2, 0.25) is 0 Å². The summed E-state index contributed by atoms with van der Waals surface area (Å²) in [5.41, 5.74) is 0.0310. The van der Waals surface area contributed by atoms with E-state index in [0.717, 1.165) is 6.42 Å². The highest BCUT2D eigenvalue weighted by molar-refractivity contribution is 5.97. The Morgan fingerprint density at radius 2 is 2.31 bits per heavy atom. The third kappa shape index (κ3) is 2.53. The van der Waals surface area contributed by atoms with Gasteiger partial charge in [-0.15, -0.1) is 0 Å². The van der Waals surface area contributed by atoms with Crippen LogP contribution in [0.3, 0.4) is 0 Å². The Balaban J connectivity index is 3.03. The largest absolute Gasteiger partial charge is 0.376 e. The SMILES string of the molecule is CCCN(C)C(=O)c1cccnc1[N+](=O)[O-]. The lowest BCUT2D eigenvalue weighted by molar-refractivity contribution is -0.389. The summed E-state index contributed by atoms with van der Waals surface area (Å²) in [6.07, 6.45) is 2.10. The van der Waals surface area contributed by atoms with E-state index in [-0.39, 0.29) is 11.5 Å². The average Bonchev–Trinajstić information content (AvgIpc) is 2.28. The van der Waals surface area contributed by atoms with E-state index in [4.69, 9.17) is 0 Å². The lowest BCUT2D eigenvalue weighted by Gasteiger charge is -2.15. The van der Waals surface area contributed by atoms with Crippen LogP contribution in [0.5, 0.6) is 0 Å². The van der Waals surface area contributed by atoms with Crippen LogP contribution in [0.2, 0.25) is 0 Å². The lowest BCUT2D eigenvalue weighted by Crippen LogP contribution is -2.28. The maximum Gasteiger partial charge on any atom is 0.376 e. The van der Waals surface area contributed by atoms with Crippen molar-refractivity contribution < 1.29 is 9.72 Å². The van der Waals surface area contributed by atoms with Crippen LogP contribution < -0.4 is 0 Å². The summed E-state index contributed by atoms with van der Waals surface area (Å²) in [6, 6.07) is 2.93. The summed E-state index contributed by atoms with van der Waals surface area (Å²) in [5.74, 6) is -0.767. The van der Waals surface area contributed by atoms with Crippen molar-refractivity contribution in [3.05, 3.63) is 34.0 Å². The second kappa shape index (κ2) is 5.20. The second-order valence-electron chi connectivity index (χ2n) is 3.36. The Kier molecular flexibility index (Phi) is 3.93. The molecule has 6 heteroatoms. The van der Waals surface area contributed by atoms with Crippen LogP contribution in [0.25, 0.3) is 0 Å². The monoisotopic (exact) mass is 223 g/mol. The van der Waals surface area contributed by atoms with Gasteiger partial charge in [-0.3, -0.25) is 4.79 Å². The summed E-state index contributed by atoms with van der Waals surface area (Å²) >= 11 is 0. The highest BCUT2D eigenvalue weighted by Gasteiger charge is 2.22. The molecule has 0 saturated heterocycles. The molecule has 16 heavy (non-hydrogen) atoms. The quantitative estimate of drug-likeness (QED) is 0.572. The van der Waals surface area contributed by atoms with E-state index in [1.807, 2.05) is 6.92 Å². The van der Waals surface area contributed by atoms with Crippen molar-refractivity contribution in [3.63, 3.8) is 0 Å². The van der Waals surface area contributed by atoms with E-state index in [9.17, 15) is 14.9 Å². The van der Waals surface area contributed by atoms with Crippen molar-refractivity contribution in [2.24, 2.45) is 0 Å². The number of carbonyl (C=O) groups is 1. The molecule has 0 aliphatic carbocycles. The van der Waals surface area contributed by atoms with E-state index in [1.54, 1.807) is 7.05 Å². The zero-order chi connectivity index (χ0) is 12.1. The van der Waals surface area contributed by atoms with Crippen molar-refractivity contribution in [1.82, 2.24) is 9.88 Å². The van der Waals surface area contributed by atoms with E-state index < -0.39 is 10.7 Å². The van der Waals surface area contributed by atoms with Crippen LogP contribution in [0.4, 0.5) is 5.82 Å². The van der Waals surface area contributed by atoms with Gasteiger partial charge >= 0.3 is 5.82 Å². The van der Waals surface area contributed by atoms with E-state index in [1.165, 1.54) is 23.2 Å². The van der Waals surface area contributed by atoms with Gasteiger partial charge < -0.3 is 15.0 Å². The highest BCUT2D eigenvalue weighted by Crippen LogP contribution is 2.15. The van der Waals surface area contributed by atoms with E-state index >= 15 is 0 Å². The molecule has 0 atom stereocenters. The zero-order valence-corrected chi connectivity index (χ0v) is 9.21. The molecule has 0 N–H and O–H groups in total. The molecule has 1 amide bonds. The number of carbonyl (C=O) groups excluding carboxylic acids is 1. The summed E-state index contributed by atoms with van der Waals surface area (Å²) in [7, 11) is 1.61. The zero-order valence-electron chi connectivity index (χ0n) is 9.21. The molecule has 6 nitrogen and oxygen atoms in total. The maximum atomic E-state index is 11.8. The topological polar surface area (TPSA) is 76.3 Å². The molecule has 0 radical (unpaired) electrons. The minimum atomic E-state index is -0.646. The Morgan fingerprint density at radius 3 is 2.88 bits per heavy atom. The first-order chi connectivity index (χ1) is 7.57. The molecule has 1 aromatic heterocycles. The van der Waals surface area contributed by atoms with E-state index in [2.05, 4.69) is 4.98 Å². The van der Waals surface area contributed by atoms with Crippen LogP contribution in [0.1, 0.15) is 23.7 Å². The van der Waals surface area contributed by atoms with Gasteiger partial charge in [0.25, 0.3) is 5.91 Å². The summed E-state index contributed by atoms with van der Waals surface area (Å²) in [5, 5.41) is 10.7. The molecule has 0 aliphatic rings. The van der Waals surface area contributed by atoms with Crippen molar-refractivity contribution in [2.75, 3.05) is 13.6 Å². The fourth-order valence-electron chi connectivity index (χ4n) is 1.35. The van der Waals surface area contributed by atoms with Crippen LogP contribution >= 0.6 is 0 Å². The van der Waals surface area contributed by atoms with Gasteiger partial charge in [0, 0.05) is 13.6 Å². The molecule has 86 valence electrons. The predicted octanol–water partition coefficient (Wildman–Crippen LogP) is 1.47. The minimum Gasteiger partial charge on any atom is -0.358 e. The Hall–Kier alpha value is -1.98. The molecule has 0 aliphatic heterocycles. The van der Waals surface area contributed by atoms with Gasteiger partial charge in [-0.25, -0.2) is 0 Å². The molecule has 0 fully saturated rings. The number of rotatable bonds is 4. The first-order valence-electron chi connectivity index (χ1n) is 4.92. The molecule has 0 bridgehead atoms. The lowest BCUT2D eigenvalue weighted by atomic mass is 10.2. The van der Waals surface area contributed by atoms with Gasteiger partial charge in [-0.1, -0.05) is 6.92 Å². The normalized spacial score (nSPS) is 9.88. The molecule has 0 unspecified atom stereocenters. The maximum absolute atomic E-state index is 11.8. The molecule has 0 saturated carbocycles. The summed E-state index contributed by atoms with van der Waals surface area (Å²) in [4.78, 5) is 26.9. The third-order valence-electron chi connectivity index (χ3n) is 2.10. The molecule has 0 spiro atoms. The first kappa shape index (κ1) is 12.1. The minimum absolute atomic E-state index is 0.0310. The van der Waals surface area contributed by atoms with Crippen LogP contribution in [-0.2, 0) is 0 Å². The molecule has 1 heterocycles. The number of nitrogens with zero attached hydrogens (tertiary/aromatic N) is 3. The fourth-order valence-corrected chi connectivity index (χ4v) is 1.35. The molecule has 1 rings (SSSR count). The van der Waals surface area contributed by atoms with Crippen LogP contribution in [-0.4, -0.2) is 34.3 Å². The summed E-state index contributed by atoms with van der Waals surface area (Å²) < 4.78 is 0. The Labute approximate surface area is 93.1 Å². The Morgan fingerprint density at radius 1 is 1.62 bits per heavy atom. The number of amides is 1. The molecule has 0 aromatic carbocycles. The first-order valence-corrected chi connectivity index (χ1v) is 4.92. The van der Waals surface area contributed by atoms with Crippen molar-refractivity contribution >= 4 is 11.7 Å². The summed E-state index contributed by atoms with van der Waals surface area (Å²) in [6.45, 7) is 2.49. The number of hydrogen-bond acceptors (Lipinski definition) is 4. The van der Waals surface area contributed by atoms with Crippen molar-refractivity contribution in [1.29, 1.82) is 0 Å². The molecular formula is C10H13N3O3. The van der Waals surface area contributed by atoms with Crippen molar-refractivity contribution in [3.8, 4) is 0 Å². The second-order valence-corrected chi connectivity index (χ2v) is 3.36. The average molecular weight is 223 g/mol. The van der Waals surface area contributed by atoms with Gasteiger partial charge in [-0.05, 0) is 28.5 Å². The highest BCUT2D eigenvalue weighted by atomic mass is 16.6. The standard InChI is InChI=1S/C10H13N3O3/c1-3-7-12(2)10(14)8-5-4-6-11-9(8)13(15)16/h4-6H,3,7H2,1-2H3. The van der Waals surface area contributed by atoms with Crippen molar-refractivity contribution in [2.45, 2.75) is 13.3 Å². The number of nitro groups is 1. The van der Waals surface area contributed by atoms with Gasteiger partial charge in [0.1, 0.15) is 11.8 Å². The third-order valence-corrected chi connectivity index (χ3v) is 2.10. The van der Waals surface area contributed by atoms with Gasteiger partial charge in [-0.2, -0.15) is 0 Å². The van der Waals surface area contributed by atoms with Crippen LogP contribution in [0, 0.1) is 10.1 Å². The Bertz CT molecular complexity index is 406. The van der Waals surface area contributed by atoms with Gasteiger partial charge in [0.15, 0.2) is 0 Å². The number of pyridine rings is 1. The smallest absolute Gasteiger partial charge is 0.358 e. The van der Waals surface area contributed by atoms with Gasteiger partial charge in [0.05, 0.1) is 0 Å². The predicted molar refractivity (Wildman–Crippen MR) is 58.1 cm³/mol.